The Morgan fingerprint density at radius 3 is 2.84 bits per heavy atom. The van der Waals surface area contributed by atoms with Gasteiger partial charge in [-0.05, 0) is 52.5 Å². The van der Waals surface area contributed by atoms with E-state index in [0.29, 0.717) is 24.6 Å². The molecule has 3 rings (SSSR count). The van der Waals surface area contributed by atoms with E-state index >= 15 is 0 Å². The van der Waals surface area contributed by atoms with Crippen LogP contribution in [0.3, 0.4) is 0 Å². The maximum atomic E-state index is 12.7. The molecule has 1 aliphatic rings. The lowest BCUT2D eigenvalue weighted by atomic mass is 10.0. The van der Waals surface area contributed by atoms with Gasteiger partial charge in [0.05, 0.1) is 18.3 Å². The SMILES string of the molecule is Cc1cc(C)n(C[C@H]2CCCCN2C(=O)CCCc2nc(C)no2)n1. The van der Waals surface area contributed by atoms with E-state index in [1.165, 1.54) is 6.42 Å². The fourth-order valence-electron chi connectivity index (χ4n) is 3.55. The average molecular weight is 345 g/mol. The molecule has 25 heavy (non-hydrogen) atoms. The van der Waals surface area contributed by atoms with E-state index in [0.717, 1.165) is 43.7 Å². The zero-order valence-electron chi connectivity index (χ0n) is 15.4. The Bertz CT molecular complexity index is 721. The molecule has 1 amide bonds. The predicted octanol–water partition coefficient (Wildman–Crippen LogP) is 2.60. The highest BCUT2D eigenvalue weighted by molar-refractivity contribution is 5.76. The predicted molar refractivity (Wildman–Crippen MR) is 93.0 cm³/mol. The number of carbonyl (C=O) groups excluding carboxylic acids is 1. The van der Waals surface area contributed by atoms with Crippen molar-refractivity contribution in [1.29, 1.82) is 0 Å². The second kappa shape index (κ2) is 7.80. The molecule has 0 aromatic carbocycles. The summed E-state index contributed by atoms with van der Waals surface area (Å²) in [6, 6.07) is 2.33. The maximum absolute atomic E-state index is 12.7. The van der Waals surface area contributed by atoms with E-state index in [4.69, 9.17) is 4.52 Å². The van der Waals surface area contributed by atoms with Crippen LogP contribution in [0.2, 0.25) is 0 Å². The fraction of sp³-hybridized carbons (Fsp3) is 0.667. The Labute approximate surface area is 148 Å². The minimum absolute atomic E-state index is 0.225. The van der Waals surface area contributed by atoms with Crippen LogP contribution < -0.4 is 0 Å². The summed E-state index contributed by atoms with van der Waals surface area (Å²) in [5.41, 5.74) is 2.18. The normalized spacial score (nSPS) is 17.9. The van der Waals surface area contributed by atoms with Crippen molar-refractivity contribution in [2.75, 3.05) is 6.54 Å². The van der Waals surface area contributed by atoms with Gasteiger partial charge in [-0.25, -0.2) is 0 Å². The van der Waals surface area contributed by atoms with Gasteiger partial charge in [0.15, 0.2) is 5.82 Å². The Balaban J connectivity index is 1.56. The van der Waals surface area contributed by atoms with Crippen molar-refractivity contribution in [3.63, 3.8) is 0 Å². The van der Waals surface area contributed by atoms with Gasteiger partial charge in [0, 0.05) is 25.1 Å². The Morgan fingerprint density at radius 2 is 2.16 bits per heavy atom. The number of aromatic nitrogens is 4. The van der Waals surface area contributed by atoms with Crippen LogP contribution in [0.25, 0.3) is 0 Å². The minimum Gasteiger partial charge on any atom is -0.339 e. The van der Waals surface area contributed by atoms with E-state index in [1.54, 1.807) is 6.92 Å². The number of likely N-dealkylation sites (tertiary alicyclic amines) is 1. The lowest BCUT2D eigenvalue weighted by Crippen LogP contribution is -2.46. The Hall–Kier alpha value is -2.18. The van der Waals surface area contributed by atoms with Gasteiger partial charge < -0.3 is 9.42 Å². The van der Waals surface area contributed by atoms with Crippen molar-refractivity contribution in [1.82, 2.24) is 24.8 Å². The standard InChI is InChI=1S/C18H27N5O2/c1-13-11-14(2)23(20-13)12-16-7-4-5-10-22(16)18(24)9-6-8-17-19-15(3)21-25-17/h11,16H,4-10,12H2,1-3H3/t16-/m1/s1. The molecule has 1 saturated heterocycles. The monoisotopic (exact) mass is 345 g/mol. The second-order valence-electron chi connectivity index (χ2n) is 6.93. The second-order valence-corrected chi connectivity index (χ2v) is 6.93. The van der Waals surface area contributed by atoms with Gasteiger partial charge in [-0.2, -0.15) is 10.1 Å². The molecule has 0 saturated carbocycles. The van der Waals surface area contributed by atoms with Crippen LogP contribution >= 0.6 is 0 Å². The molecule has 0 bridgehead atoms. The smallest absolute Gasteiger partial charge is 0.226 e. The summed E-state index contributed by atoms with van der Waals surface area (Å²) in [4.78, 5) is 19.0. The number of amides is 1. The number of aryl methyl sites for hydroxylation is 4. The molecule has 3 heterocycles. The van der Waals surface area contributed by atoms with Gasteiger partial charge in [-0.1, -0.05) is 5.16 Å². The fourth-order valence-corrected chi connectivity index (χ4v) is 3.55. The van der Waals surface area contributed by atoms with Crippen LogP contribution in [0.1, 0.15) is 55.2 Å². The van der Waals surface area contributed by atoms with Gasteiger partial charge in [-0.15, -0.1) is 0 Å². The van der Waals surface area contributed by atoms with Gasteiger partial charge in [-0.3, -0.25) is 9.48 Å². The van der Waals surface area contributed by atoms with E-state index in [1.807, 2.05) is 11.6 Å². The summed E-state index contributed by atoms with van der Waals surface area (Å²) < 4.78 is 7.14. The van der Waals surface area contributed by atoms with E-state index < -0.39 is 0 Å². The first-order valence-corrected chi connectivity index (χ1v) is 9.12. The molecule has 0 N–H and O–H groups in total. The molecule has 0 aliphatic carbocycles. The number of nitrogens with zero attached hydrogens (tertiary/aromatic N) is 5. The third-order valence-corrected chi connectivity index (χ3v) is 4.79. The molecule has 7 heteroatoms. The van der Waals surface area contributed by atoms with Crippen molar-refractivity contribution in [3.8, 4) is 0 Å². The van der Waals surface area contributed by atoms with Gasteiger partial charge in [0.1, 0.15) is 0 Å². The first-order valence-electron chi connectivity index (χ1n) is 9.12. The third-order valence-electron chi connectivity index (χ3n) is 4.79. The number of hydrogen-bond acceptors (Lipinski definition) is 5. The van der Waals surface area contributed by atoms with Gasteiger partial charge in [0.25, 0.3) is 0 Å². The Kier molecular flexibility index (Phi) is 5.50. The van der Waals surface area contributed by atoms with E-state index in [2.05, 4.69) is 33.1 Å². The molecule has 7 nitrogen and oxygen atoms in total. The molecule has 136 valence electrons. The van der Waals surface area contributed by atoms with Crippen molar-refractivity contribution < 1.29 is 9.32 Å². The summed E-state index contributed by atoms with van der Waals surface area (Å²) in [6.45, 7) is 7.51. The number of carbonyl (C=O) groups is 1. The average Bonchev–Trinajstić information content (AvgIpc) is 3.13. The van der Waals surface area contributed by atoms with Gasteiger partial charge >= 0.3 is 0 Å². The Morgan fingerprint density at radius 1 is 1.32 bits per heavy atom. The highest BCUT2D eigenvalue weighted by Crippen LogP contribution is 2.21. The highest BCUT2D eigenvalue weighted by atomic mass is 16.5. The van der Waals surface area contributed by atoms with Gasteiger partial charge in [0.2, 0.25) is 11.8 Å². The van der Waals surface area contributed by atoms with Crippen LogP contribution in [0.5, 0.6) is 0 Å². The quantitative estimate of drug-likeness (QED) is 0.804. The molecular formula is C18H27N5O2. The van der Waals surface area contributed by atoms with E-state index in [-0.39, 0.29) is 11.9 Å². The van der Waals surface area contributed by atoms with Crippen LogP contribution in [0, 0.1) is 20.8 Å². The van der Waals surface area contributed by atoms with Crippen molar-refractivity contribution in [2.24, 2.45) is 0 Å². The lowest BCUT2D eigenvalue weighted by Gasteiger charge is -2.36. The van der Waals surface area contributed by atoms with Crippen molar-refractivity contribution in [3.05, 3.63) is 29.2 Å². The van der Waals surface area contributed by atoms with Crippen LogP contribution in [0.4, 0.5) is 0 Å². The minimum atomic E-state index is 0.225. The van der Waals surface area contributed by atoms with Crippen LogP contribution in [0.15, 0.2) is 10.6 Å². The van der Waals surface area contributed by atoms with Crippen molar-refractivity contribution >= 4 is 5.91 Å². The summed E-state index contributed by atoms with van der Waals surface area (Å²) in [7, 11) is 0. The summed E-state index contributed by atoms with van der Waals surface area (Å²) >= 11 is 0. The number of rotatable bonds is 6. The first-order chi connectivity index (χ1) is 12.0. The zero-order valence-corrected chi connectivity index (χ0v) is 15.4. The molecule has 1 atom stereocenters. The summed E-state index contributed by atoms with van der Waals surface area (Å²) in [5, 5.41) is 8.34. The lowest BCUT2D eigenvalue weighted by molar-refractivity contribution is -0.135. The van der Waals surface area contributed by atoms with Crippen molar-refractivity contribution in [2.45, 2.75) is 71.9 Å². The van der Waals surface area contributed by atoms with E-state index in [9.17, 15) is 4.79 Å². The number of hydrogen-bond donors (Lipinski definition) is 0. The maximum Gasteiger partial charge on any atom is 0.226 e. The topological polar surface area (TPSA) is 77.0 Å². The molecule has 0 spiro atoms. The largest absolute Gasteiger partial charge is 0.339 e. The highest BCUT2D eigenvalue weighted by Gasteiger charge is 2.27. The molecular weight excluding hydrogens is 318 g/mol. The molecule has 0 radical (unpaired) electrons. The molecule has 1 aliphatic heterocycles. The summed E-state index contributed by atoms with van der Waals surface area (Å²) in [6.07, 6.45) is 5.23. The number of piperidine rings is 1. The molecule has 2 aromatic rings. The van der Waals surface area contributed by atoms with Crippen LogP contribution in [-0.2, 0) is 17.8 Å². The third kappa shape index (κ3) is 4.46. The zero-order chi connectivity index (χ0) is 17.8. The van der Waals surface area contributed by atoms with Crippen LogP contribution in [-0.4, -0.2) is 43.3 Å². The summed E-state index contributed by atoms with van der Waals surface area (Å²) in [5.74, 6) is 1.48. The molecule has 1 fully saturated rings. The molecule has 2 aromatic heterocycles. The first kappa shape index (κ1) is 17.6. The molecule has 0 unspecified atom stereocenters.